The normalized spacial score (nSPS) is 14.3. The van der Waals surface area contributed by atoms with Crippen LogP contribution in [-0.4, -0.2) is 24.7 Å². The number of fused-ring (bicyclic) bond motifs is 1. The molecular weight excluding hydrogens is 348 g/mol. The van der Waals surface area contributed by atoms with E-state index < -0.39 is 10.0 Å². The summed E-state index contributed by atoms with van der Waals surface area (Å²) in [6.07, 6.45) is 5.84. The number of nitrogens with zero attached hydrogens (tertiary/aromatic N) is 3. The van der Waals surface area contributed by atoms with Gasteiger partial charge in [0.1, 0.15) is 0 Å². The molecule has 1 aliphatic heterocycles. The van der Waals surface area contributed by atoms with Crippen molar-refractivity contribution in [3.63, 3.8) is 0 Å². The number of sulfonamides is 1. The third kappa shape index (κ3) is 3.36. The van der Waals surface area contributed by atoms with Gasteiger partial charge in [0.05, 0.1) is 16.8 Å². The second kappa shape index (κ2) is 6.59. The zero-order chi connectivity index (χ0) is 18.1. The van der Waals surface area contributed by atoms with E-state index >= 15 is 0 Å². The van der Waals surface area contributed by atoms with Crippen molar-refractivity contribution in [1.29, 1.82) is 0 Å². The molecule has 0 aliphatic carbocycles. The Morgan fingerprint density at radius 2 is 1.92 bits per heavy atom. The van der Waals surface area contributed by atoms with Crippen molar-refractivity contribution in [3.05, 3.63) is 72.1 Å². The molecule has 0 atom stereocenters. The molecule has 6 nitrogen and oxygen atoms in total. The van der Waals surface area contributed by atoms with E-state index in [1.807, 2.05) is 53.5 Å². The first-order valence-corrected chi connectivity index (χ1v) is 10.0. The fourth-order valence-electron chi connectivity index (χ4n) is 3.36. The molecular formula is C19H20N4O2S. The lowest BCUT2D eigenvalue weighted by Crippen LogP contribution is -2.29. The van der Waals surface area contributed by atoms with E-state index in [9.17, 15) is 8.42 Å². The van der Waals surface area contributed by atoms with Crippen LogP contribution in [0.5, 0.6) is 0 Å². The average Bonchev–Trinajstić information content (AvgIpc) is 3.10. The van der Waals surface area contributed by atoms with Crippen molar-refractivity contribution in [2.45, 2.75) is 24.3 Å². The van der Waals surface area contributed by atoms with Crippen LogP contribution >= 0.6 is 0 Å². The van der Waals surface area contributed by atoms with Gasteiger partial charge in [0.15, 0.2) is 0 Å². The van der Waals surface area contributed by atoms with Crippen LogP contribution in [0.3, 0.4) is 0 Å². The zero-order valence-corrected chi connectivity index (χ0v) is 15.1. The predicted octanol–water partition coefficient (Wildman–Crippen LogP) is 2.47. The number of anilines is 1. The summed E-state index contributed by atoms with van der Waals surface area (Å²) in [6, 6.07) is 15.1. The van der Waals surface area contributed by atoms with Crippen LogP contribution in [0.15, 0.2) is 65.8 Å². The van der Waals surface area contributed by atoms with E-state index in [2.05, 4.69) is 10.00 Å². The van der Waals surface area contributed by atoms with Crippen LogP contribution in [0.4, 0.5) is 5.69 Å². The van der Waals surface area contributed by atoms with Gasteiger partial charge in [-0.3, -0.25) is 0 Å². The maximum atomic E-state index is 11.7. The minimum atomic E-state index is -3.71. The first-order valence-electron chi connectivity index (χ1n) is 8.50. The molecule has 0 unspecified atom stereocenters. The maximum absolute atomic E-state index is 11.7. The van der Waals surface area contributed by atoms with Crippen molar-refractivity contribution in [2.24, 2.45) is 5.14 Å². The third-order valence-electron chi connectivity index (χ3n) is 4.63. The van der Waals surface area contributed by atoms with Crippen LogP contribution in [0.2, 0.25) is 0 Å². The molecule has 1 aliphatic rings. The van der Waals surface area contributed by atoms with Crippen molar-refractivity contribution in [2.75, 3.05) is 11.4 Å². The lowest BCUT2D eigenvalue weighted by molar-refractivity contribution is 0.597. The van der Waals surface area contributed by atoms with Crippen LogP contribution in [-0.2, 0) is 23.0 Å². The number of benzene rings is 2. The lowest BCUT2D eigenvalue weighted by atomic mass is 10.0. The number of hydrogen-bond acceptors (Lipinski definition) is 4. The summed E-state index contributed by atoms with van der Waals surface area (Å²) in [5.74, 6) is 0. The van der Waals surface area contributed by atoms with Crippen molar-refractivity contribution >= 4 is 15.7 Å². The van der Waals surface area contributed by atoms with Gasteiger partial charge in [0.25, 0.3) is 0 Å². The number of aromatic nitrogens is 2. The molecule has 0 amide bonds. The Bertz CT molecular complexity index is 1030. The van der Waals surface area contributed by atoms with Gasteiger partial charge in [0, 0.05) is 30.5 Å². The highest BCUT2D eigenvalue weighted by atomic mass is 32.2. The molecule has 0 fully saturated rings. The summed E-state index contributed by atoms with van der Waals surface area (Å²) < 4.78 is 25.2. The molecule has 3 aromatic rings. The van der Waals surface area contributed by atoms with E-state index in [1.165, 1.54) is 0 Å². The molecule has 0 radical (unpaired) electrons. The quantitative estimate of drug-likeness (QED) is 0.767. The topological polar surface area (TPSA) is 81.2 Å². The Morgan fingerprint density at radius 3 is 2.69 bits per heavy atom. The van der Waals surface area contributed by atoms with Crippen LogP contribution in [0.25, 0.3) is 5.69 Å². The number of nitrogens with two attached hydrogens (primary N) is 1. The molecule has 134 valence electrons. The number of hydrogen-bond donors (Lipinski definition) is 1. The Labute approximate surface area is 152 Å². The van der Waals surface area contributed by atoms with E-state index in [-0.39, 0.29) is 4.90 Å². The predicted molar refractivity (Wildman–Crippen MR) is 101 cm³/mol. The van der Waals surface area contributed by atoms with Gasteiger partial charge >= 0.3 is 0 Å². The number of aryl methyl sites for hydroxylation is 1. The third-order valence-corrected chi connectivity index (χ3v) is 5.54. The van der Waals surface area contributed by atoms with Crippen LogP contribution < -0.4 is 10.0 Å². The number of para-hydroxylation sites is 1. The van der Waals surface area contributed by atoms with Gasteiger partial charge in [-0.25, -0.2) is 18.2 Å². The second-order valence-electron chi connectivity index (χ2n) is 6.49. The second-order valence-corrected chi connectivity index (χ2v) is 8.05. The largest absolute Gasteiger partial charge is 0.367 e. The summed E-state index contributed by atoms with van der Waals surface area (Å²) >= 11 is 0. The molecule has 7 heteroatoms. The summed E-state index contributed by atoms with van der Waals surface area (Å²) in [7, 11) is -3.71. The summed E-state index contributed by atoms with van der Waals surface area (Å²) in [5, 5.41) is 9.73. The Kier molecular flexibility index (Phi) is 4.26. The van der Waals surface area contributed by atoms with E-state index in [0.29, 0.717) is 6.54 Å². The van der Waals surface area contributed by atoms with Gasteiger partial charge < -0.3 is 4.90 Å². The standard InChI is InChI=1S/C19H20N4O2S/c20-26(24,25)18-9-8-16-5-4-10-22(19(16)11-18)13-15-12-21-23(14-15)17-6-2-1-3-7-17/h1-3,6-9,11-12,14H,4-5,10,13H2,(H2,20,24,25). The van der Waals surface area contributed by atoms with Gasteiger partial charge in [-0.15, -0.1) is 0 Å². The van der Waals surface area contributed by atoms with Gasteiger partial charge in [0.2, 0.25) is 10.0 Å². The molecule has 2 N–H and O–H groups in total. The van der Waals surface area contributed by atoms with E-state index in [1.54, 1.807) is 12.1 Å². The summed E-state index contributed by atoms with van der Waals surface area (Å²) in [5.41, 5.74) is 4.17. The van der Waals surface area contributed by atoms with Gasteiger partial charge in [-0.1, -0.05) is 24.3 Å². The monoisotopic (exact) mass is 368 g/mol. The highest BCUT2D eigenvalue weighted by molar-refractivity contribution is 7.89. The zero-order valence-electron chi connectivity index (χ0n) is 14.2. The van der Waals surface area contributed by atoms with Crippen LogP contribution in [0.1, 0.15) is 17.5 Å². The molecule has 1 aromatic heterocycles. The smallest absolute Gasteiger partial charge is 0.238 e. The van der Waals surface area contributed by atoms with Crippen LogP contribution in [0, 0.1) is 0 Å². The lowest BCUT2D eigenvalue weighted by Gasteiger charge is -2.31. The molecule has 0 bridgehead atoms. The highest BCUT2D eigenvalue weighted by Crippen LogP contribution is 2.30. The first kappa shape index (κ1) is 16.8. The Balaban J connectivity index is 1.62. The highest BCUT2D eigenvalue weighted by Gasteiger charge is 2.20. The maximum Gasteiger partial charge on any atom is 0.238 e. The molecule has 0 saturated carbocycles. The van der Waals surface area contributed by atoms with Crippen molar-refractivity contribution in [3.8, 4) is 5.69 Å². The Hall–Kier alpha value is -2.64. The summed E-state index contributed by atoms with van der Waals surface area (Å²) in [6.45, 7) is 1.55. The number of rotatable bonds is 4. The average molecular weight is 368 g/mol. The minimum Gasteiger partial charge on any atom is -0.367 e. The molecule has 4 rings (SSSR count). The summed E-state index contributed by atoms with van der Waals surface area (Å²) in [4.78, 5) is 2.35. The van der Waals surface area contributed by atoms with Crippen molar-refractivity contribution < 1.29 is 8.42 Å². The first-order chi connectivity index (χ1) is 12.5. The molecule has 26 heavy (non-hydrogen) atoms. The number of primary sulfonamides is 1. The fourth-order valence-corrected chi connectivity index (χ4v) is 3.89. The van der Waals surface area contributed by atoms with E-state index in [0.717, 1.165) is 41.9 Å². The molecule has 0 spiro atoms. The molecule has 0 saturated heterocycles. The minimum absolute atomic E-state index is 0.156. The van der Waals surface area contributed by atoms with Gasteiger partial charge in [-0.05, 0) is 42.7 Å². The molecule has 2 heterocycles. The van der Waals surface area contributed by atoms with Crippen molar-refractivity contribution in [1.82, 2.24) is 9.78 Å². The van der Waals surface area contributed by atoms with Gasteiger partial charge in [-0.2, -0.15) is 5.10 Å². The molecule has 2 aromatic carbocycles. The van der Waals surface area contributed by atoms with E-state index in [4.69, 9.17) is 5.14 Å². The fraction of sp³-hybridized carbons (Fsp3) is 0.211. The SMILES string of the molecule is NS(=O)(=O)c1ccc2c(c1)N(Cc1cnn(-c3ccccc3)c1)CCC2. The Morgan fingerprint density at radius 1 is 1.12 bits per heavy atom.